The second kappa shape index (κ2) is 8.70. The molecule has 0 aliphatic carbocycles. The van der Waals surface area contributed by atoms with Gasteiger partial charge in [-0.3, -0.25) is 14.3 Å². The molecule has 1 fully saturated rings. The number of halogens is 1. The van der Waals surface area contributed by atoms with Gasteiger partial charge in [0.25, 0.3) is 21.5 Å². The van der Waals surface area contributed by atoms with Crippen molar-refractivity contribution in [2.75, 3.05) is 17.8 Å². The van der Waals surface area contributed by atoms with E-state index in [-0.39, 0.29) is 28.2 Å². The minimum atomic E-state index is -4.01. The standard InChI is InChI=1S/C23H22FN3O5S/c1-15-9-19(12-22(28)26(15)2)32-20-13-27(14-20)23(29)16-5-3-7-18(10-16)25-33(30,31)21-8-4-6-17(24)11-21/h3-12,20,25H,13-14H2,1-2H3. The van der Waals surface area contributed by atoms with Crippen LogP contribution < -0.4 is 15.0 Å². The number of ether oxygens (including phenoxy) is 1. The lowest BCUT2D eigenvalue weighted by Gasteiger charge is -2.39. The van der Waals surface area contributed by atoms with Crippen molar-refractivity contribution in [2.24, 2.45) is 7.05 Å². The molecule has 0 atom stereocenters. The molecule has 1 aliphatic heterocycles. The van der Waals surface area contributed by atoms with Gasteiger partial charge in [-0.25, -0.2) is 12.8 Å². The van der Waals surface area contributed by atoms with E-state index in [1.54, 1.807) is 37.1 Å². The number of carbonyl (C=O) groups is 1. The Hall–Kier alpha value is -3.66. The van der Waals surface area contributed by atoms with Gasteiger partial charge in [0.05, 0.1) is 18.0 Å². The zero-order chi connectivity index (χ0) is 23.8. The molecular weight excluding hydrogens is 449 g/mol. The van der Waals surface area contributed by atoms with E-state index in [9.17, 15) is 22.4 Å². The van der Waals surface area contributed by atoms with Crippen LogP contribution in [0.5, 0.6) is 5.75 Å². The van der Waals surface area contributed by atoms with Crippen LogP contribution in [0.2, 0.25) is 0 Å². The van der Waals surface area contributed by atoms with Crippen molar-refractivity contribution in [2.45, 2.75) is 17.9 Å². The molecule has 0 spiro atoms. The normalized spacial score (nSPS) is 14.0. The van der Waals surface area contributed by atoms with Gasteiger partial charge in [0.1, 0.15) is 17.7 Å². The summed E-state index contributed by atoms with van der Waals surface area (Å²) in [7, 11) is -2.33. The number of hydrogen-bond acceptors (Lipinski definition) is 5. The predicted molar refractivity (Wildman–Crippen MR) is 120 cm³/mol. The van der Waals surface area contributed by atoms with Crippen LogP contribution in [-0.2, 0) is 17.1 Å². The molecular formula is C23H22FN3O5S. The first-order chi connectivity index (χ1) is 15.6. The number of sulfonamides is 1. The van der Waals surface area contributed by atoms with Gasteiger partial charge in [-0.2, -0.15) is 0 Å². The molecule has 33 heavy (non-hydrogen) atoms. The summed E-state index contributed by atoms with van der Waals surface area (Å²) in [5.41, 5.74) is 1.09. The Morgan fingerprint density at radius 3 is 2.52 bits per heavy atom. The SMILES string of the molecule is Cc1cc(OC2CN(C(=O)c3cccc(NS(=O)(=O)c4cccc(F)c4)c3)C2)cc(=O)n1C. The van der Waals surface area contributed by atoms with E-state index >= 15 is 0 Å². The Morgan fingerprint density at radius 1 is 1.09 bits per heavy atom. The van der Waals surface area contributed by atoms with Crippen LogP contribution in [0.4, 0.5) is 10.1 Å². The van der Waals surface area contributed by atoms with Crippen molar-refractivity contribution in [3.8, 4) is 5.75 Å². The van der Waals surface area contributed by atoms with Crippen molar-refractivity contribution in [3.05, 3.63) is 88.1 Å². The fraction of sp³-hybridized carbons (Fsp3) is 0.217. The van der Waals surface area contributed by atoms with Crippen molar-refractivity contribution in [3.63, 3.8) is 0 Å². The third-order valence-electron chi connectivity index (χ3n) is 5.38. The molecule has 1 aliphatic rings. The number of benzene rings is 2. The summed E-state index contributed by atoms with van der Waals surface area (Å²) in [6.07, 6.45) is -0.241. The first-order valence-electron chi connectivity index (χ1n) is 10.1. The lowest BCUT2D eigenvalue weighted by molar-refractivity contribution is 0.0176. The number of rotatable bonds is 6. The summed E-state index contributed by atoms with van der Waals surface area (Å²) in [4.78, 5) is 26.0. The first-order valence-corrected chi connectivity index (χ1v) is 11.6. The number of aromatic nitrogens is 1. The molecule has 0 unspecified atom stereocenters. The topological polar surface area (TPSA) is 97.7 Å². The maximum Gasteiger partial charge on any atom is 0.261 e. The summed E-state index contributed by atoms with van der Waals surface area (Å²) in [5.74, 6) is -0.481. The van der Waals surface area contributed by atoms with Gasteiger partial charge < -0.3 is 14.2 Å². The zero-order valence-corrected chi connectivity index (χ0v) is 18.8. The first kappa shape index (κ1) is 22.5. The summed E-state index contributed by atoms with van der Waals surface area (Å²) < 4.78 is 48.1. The minimum absolute atomic E-state index is 0.172. The molecule has 1 N–H and O–H groups in total. The number of nitrogens with one attached hydrogen (secondary N) is 1. The molecule has 3 aromatic rings. The Bertz CT molecular complexity index is 1380. The highest BCUT2D eigenvalue weighted by atomic mass is 32.2. The van der Waals surface area contributed by atoms with E-state index in [4.69, 9.17) is 4.74 Å². The van der Waals surface area contributed by atoms with Gasteiger partial charge in [0.15, 0.2) is 0 Å². The van der Waals surface area contributed by atoms with Gasteiger partial charge in [-0.15, -0.1) is 0 Å². The van der Waals surface area contributed by atoms with E-state index in [1.807, 2.05) is 0 Å². The average Bonchev–Trinajstić information content (AvgIpc) is 2.73. The van der Waals surface area contributed by atoms with Gasteiger partial charge in [0, 0.05) is 30.1 Å². The molecule has 1 saturated heterocycles. The number of hydrogen-bond donors (Lipinski definition) is 1. The lowest BCUT2D eigenvalue weighted by Crippen LogP contribution is -2.56. The number of carbonyl (C=O) groups excluding carboxylic acids is 1. The van der Waals surface area contributed by atoms with Gasteiger partial charge >= 0.3 is 0 Å². The second-order valence-electron chi connectivity index (χ2n) is 7.82. The number of amides is 1. The highest BCUT2D eigenvalue weighted by Crippen LogP contribution is 2.22. The average molecular weight is 472 g/mol. The largest absolute Gasteiger partial charge is 0.486 e. The Labute approximate surface area is 190 Å². The highest BCUT2D eigenvalue weighted by Gasteiger charge is 2.33. The van der Waals surface area contributed by atoms with Gasteiger partial charge in [-0.05, 0) is 49.4 Å². The third kappa shape index (κ3) is 4.90. The molecule has 8 nitrogen and oxygen atoms in total. The van der Waals surface area contributed by atoms with E-state index in [0.717, 1.165) is 17.8 Å². The molecule has 0 radical (unpaired) electrons. The summed E-state index contributed by atoms with van der Waals surface area (Å²) >= 11 is 0. The number of aryl methyl sites for hydroxylation is 1. The van der Waals surface area contributed by atoms with Crippen LogP contribution in [-0.4, -0.2) is 43.0 Å². The number of anilines is 1. The molecule has 172 valence electrons. The van der Waals surface area contributed by atoms with Crippen LogP contribution >= 0.6 is 0 Å². The van der Waals surface area contributed by atoms with Crippen LogP contribution in [0.1, 0.15) is 16.1 Å². The quantitative estimate of drug-likeness (QED) is 0.596. The second-order valence-corrected chi connectivity index (χ2v) is 9.51. The molecule has 2 heterocycles. The van der Waals surface area contributed by atoms with E-state index < -0.39 is 15.8 Å². The van der Waals surface area contributed by atoms with Crippen LogP contribution in [0, 0.1) is 12.7 Å². The van der Waals surface area contributed by atoms with E-state index in [2.05, 4.69) is 4.72 Å². The van der Waals surface area contributed by atoms with Crippen molar-refractivity contribution < 1.29 is 22.3 Å². The molecule has 1 amide bonds. The highest BCUT2D eigenvalue weighted by molar-refractivity contribution is 7.92. The van der Waals surface area contributed by atoms with Gasteiger partial charge in [0.2, 0.25) is 0 Å². The fourth-order valence-electron chi connectivity index (χ4n) is 3.42. The van der Waals surface area contributed by atoms with Crippen molar-refractivity contribution in [1.29, 1.82) is 0 Å². The Morgan fingerprint density at radius 2 is 1.82 bits per heavy atom. The number of nitrogens with zero attached hydrogens (tertiary/aromatic N) is 2. The summed E-state index contributed by atoms with van der Waals surface area (Å²) in [5, 5.41) is 0. The minimum Gasteiger partial charge on any atom is -0.486 e. The molecule has 0 bridgehead atoms. The molecule has 0 saturated carbocycles. The summed E-state index contributed by atoms with van der Waals surface area (Å²) in [6, 6.07) is 13.9. The van der Waals surface area contributed by atoms with Crippen LogP contribution in [0.3, 0.4) is 0 Å². The van der Waals surface area contributed by atoms with E-state index in [1.165, 1.54) is 34.9 Å². The van der Waals surface area contributed by atoms with E-state index in [0.29, 0.717) is 24.4 Å². The predicted octanol–water partition coefficient (Wildman–Crippen LogP) is 2.54. The summed E-state index contributed by atoms with van der Waals surface area (Å²) in [6.45, 7) is 2.49. The Kier molecular flexibility index (Phi) is 5.94. The maximum absolute atomic E-state index is 13.4. The number of likely N-dealkylation sites (tertiary alicyclic amines) is 1. The van der Waals surface area contributed by atoms with Crippen molar-refractivity contribution in [1.82, 2.24) is 9.47 Å². The number of pyridine rings is 1. The molecule has 4 rings (SSSR count). The smallest absolute Gasteiger partial charge is 0.261 e. The molecule has 1 aromatic heterocycles. The zero-order valence-electron chi connectivity index (χ0n) is 18.0. The van der Waals surface area contributed by atoms with Gasteiger partial charge in [-0.1, -0.05) is 12.1 Å². The molecule has 10 heteroatoms. The van der Waals surface area contributed by atoms with Crippen LogP contribution in [0.25, 0.3) is 0 Å². The third-order valence-corrected chi connectivity index (χ3v) is 6.76. The monoisotopic (exact) mass is 471 g/mol. The Balaban J connectivity index is 1.40. The lowest BCUT2D eigenvalue weighted by atomic mass is 10.1. The maximum atomic E-state index is 13.4. The van der Waals surface area contributed by atoms with Crippen LogP contribution in [0.15, 0.2) is 70.4 Å². The fourth-order valence-corrected chi connectivity index (χ4v) is 4.50. The van der Waals surface area contributed by atoms with Crippen molar-refractivity contribution >= 4 is 21.6 Å². The molecule has 2 aromatic carbocycles.